The van der Waals surface area contributed by atoms with Crippen LogP contribution in [-0.4, -0.2) is 36.9 Å². The van der Waals surface area contributed by atoms with Gasteiger partial charge in [0.05, 0.1) is 5.56 Å². The summed E-state index contributed by atoms with van der Waals surface area (Å²) < 4.78 is 6.10. The summed E-state index contributed by atoms with van der Waals surface area (Å²) in [7, 11) is 0. The van der Waals surface area contributed by atoms with Crippen LogP contribution in [0.2, 0.25) is 0 Å². The van der Waals surface area contributed by atoms with Crippen molar-refractivity contribution in [2.24, 2.45) is 4.99 Å². The molecule has 22 heavy (non-hydrogen) atoms. The van der Waals surface area contributed by atoms with Crippen molar-refractivity contribution < 1.29 is 4.74 Å². The molecule has 4 rings (SSSR count). The summed E-state index contributed by atoms with van der Waals surface area (Å²) in [5, 5.41) is 3.45. The van der Waals surface area contributed by atoms with Gasteiger partial charge in [-0.1, -0.05) is 24.3 Å². The standard InChI is InChI=1S/C18H19N3O/c1-3-8-16-14(6-1)18(21-12-5-10-19-11-13-21)20-15-7-2-4-9-17(15)22-16/h1-4,6-9,19H,5,10-13H2. The molecule has 2 aliphatic heterocycles. The molecule has 0 amide bonds. The van der Waals surface area contributed by atoms with Gasteiger partial charge in [-0.2, -0.15) is 0 Å². The van der Waals surface area contributed by atoms with Gasteiger partial charge in [0.25, 0.3) is 0 Å². The van der Waals surface area contributed by atoms with E-state index in [1.54, 1.807) is 0 Å². The van der Waals surface area contributed by atoms with Crippen molar-refractivity contribution in [1.82, 2.24) is 10.2 Å². The SMILES string of the molecule is c1ccc2c(c1)N=C(N1CCCNCC1)c1ccccc1O2. The normalized spacial score (nSPS) is 17.5. The Morgan fingerprint density at radius 3 is 2.68 bits per heavy atom. The van der Waals surface area contributed by atoms with Crippen LogP contribution in [0.15, 0.2) is 53.5 Å². The maximum atomic E-state index is 6.10. The maximum Gasteiger partial charge on any atom is 0.153 e. The van der Waals surface area contributed by atoms with Gasteiger partial charge >= 0.3 is 0 Å². The van der Waals surface area contributed by atoms with Crippen LogP contribution in [0.3, 0.4) is 0 Å². The zero-order valence-corrected chi connectivity index (χ0v) is 12.5. The highest BCUT2D eigenvalue weighted by Gasteiger charge is 2.22. The third-order valence-electron chi connectivity index (χ3n) is 4.08. The molecule has 4 heteroatoms. The van der Waals surface area contributed by atoms with Gasteiger partial charge in [-0.15, -0.1) is 0 Å². The molecule has 2 aromatic rings. The topological polar surface area (TPSA) is 36.9 Å². The molecular formula is C18H19N3O. The Morgan fingerprint density at radius 2 is 1.73 bits per heavy atom. The molecule has 0 saturated carbocycles. The Balaban J connectivity index is 1.84. The van der Waals surface area contributed by atoms with E-state index >= 15 is 0 Å². The monoisotopic (exact) mass is 293 g/mol. The lowest BCUT2D eigenvalue weighted by Gasteiger charge is -2.24. The second-order valence-corrected chi connectivity index (χ2v) is 5.59. The van der Waals surface area contributed by atoms with Gasteiger partial charge in [0.1, 0.15) is 17.3 Å². The molecule has 0 unspecified atom stereocenters. The number of hydrogen-bond acceptors (Lipinski definition) is 4. The van der Waals surface area contributed by atoms with Crippen LogP contribution in [0.25, 0.3) is 0 Å². The van der Waals surface area contributed by atoms with Crippen LogP contribution in [0.4, 0.5) is 5.69 Å². The smallest absolute Gasteiger partial charge is 0.153 e. The lowest BCUT2D eigenvalue weighted by molar-refractivity contribution is 0.445. The first-order chi connectivity index (χ1) is 10.9. The van der Waals surface area contributed by atoms with Crippen molar-refractivity contribution in [1.29, 1.82) is 0 Å². The van der Waals surface area contributed by atoms with E-state index < -0.39 is 0 Å². The molecule has 2 aliphatic rings. The number of aliphatic imine (C=N–C) groups is 1. The number of para-hydroxylation sites is 3. The van der Waals surface area contributed by atoms with E-state index in [-0.39, 0.29) is 0 Å². The van der Waals surface area contributed by atoms with E-state index in [1.807, 2.05) is 42.5 Å². The molecule has 0 radical (unpaired) electrons. The van der Waals surface area contributed by atoms with E-state index in [0.717, 1.165) is 61.2 Å². The highest BCUT2D eigenvalue weighted by molar-refractivity contribution is 6.03. The third kappa shape index (κ3) is 2.46. The van der Waals surface area contributed by atoms with E-state index in [9.17, 15) is 0 Å². The number of ether oxygens (including phenoxy) is 1. The lowest BCUT2D eigenvalue weighted by Crippen LogP contribution is -2.34. The van der Waals surface area contributed by atoms with Crippen molar-refractivity contribution in [2.45, 2.75) is 6.42 Å². The van der Waals surface area contributed by atoms with Crippen LogP contribution < -0.4 is 10.1 Å². The highest BCUT2D eigenvalue weighted by Crippen LogP contribution is 2.37. The van der Waals surface area contributed by atoms with Gasteiger partial charge in [0.2, 0.25) is 0 Å². The van der Waals surface area contributed by atoms with E-state index in [4.69, 9.17) is 9.73 Å². The van der Waals surface area contributed by atoms with E-state index in [2.05, 4.69) is 16.3 Å². The van der Waals surface area contributed by atoms with E-state index in [0.29, 0.717) is 0 Å². The Hall–Kier alpha value is -2.33. The Labute approximate surface area is 130 Å². The summed E-state index contributed by atoms with van der Waals surface area (Å²) in [6.45, 7) is 4.04. The summed E-state index contributed by atoms with van der Waals surface area (Å²) in [6.07, 6.45) is 1.13. The molecule has 2 aromatic carbocycles. The summed E-state index contributed by atoms with van der Waals surface area (Å²) in [5.41, 5.74) is 1.96. The Morgan fingerprint density at radius 1 is 0.909 bits per heavy atom. The summed E-state index contributed by atoms with van der Waals surface area (Å²) in [4.78, 5) is 7.30. The predicted octanol–water partition coefficient (Wildman–Crippen LogP) is 3.17. The number of nitrogens with one attached hydrogen (secondary N) is 1. The minimum absolute atomic E-state index is 0.817. The van der Waals surface area contributed by atoms with Gasteiger partial charge in [0, 0.05) is 19.6 Å². The third-order valence-corrected chi connectivity index (χ3v) is 4.08. The summed E-state index contributed by atoms with van der Waals surface area (Å²) >= 11 is 0. The average Bonchev–Trinajstić information content (AvgIpc) is 2.91. The first-order valence-electron chi connectivity index (χ1n) is 7.82. The fourth-order valence-electron chi connectivity index (χ4n) is 2.97. The molecule has 1 saturated heterocycles. The molecule has 0 spiro atoms. The fourth-order valence-corrected chi connectivity index (χ4v) is 2.97. The number of rotatable bonds is 0. The van der Waals surface area contributed by atoms with E-state index in [1.165, 1.54) is 0 Å². The van der Waals surface area contributed by atoms with Crippen LogP contribution in [0, 0.1) is 0 Å². The number of fused-ring (bicyclic) bond motifs is 2. The zero-order chi connectivity index (χ0) is 14.8. The largest absolute Gasteiger partial charge is 0.454 e. The summed E-state index contributed by atoms with van der Waals surface area (Å²) in [6, 6.07) is 16.1. The quantitative estimate of drug-likeness (QED) is 0.810. The lowest BCUT2D eigenvalue weighted by atomic mass is 10.1. The van der Waals surface area contributed by atoms with Crippen molar-refractivity contribution in [2.75, 3.05) is 26.2 Å². The van der Waals surface area contributed by atoms with Crippen LogP contribution in [0.5, 0.6) is 11.5 Å². The van der Waals surface area contributed by atoms with Crippen molar-refractivity contribution in [3.05, 3.63) is 54.1 Å². The minimum atomic E-state index is 0.817. The number of benzene rings is 2. The predicted molar refractivity (Wildman–Crippen MR) is 88.2 cm³/mol. The average molecular weight is 293 g/mol. The maximum absolute atomic E-state index is 6.10. The summed E-state index contributed by atoms with van der Waals surface area (Å²) in [5.74, 6) is 2.71. The molecule has 1 fully saturated rings. The Bertz CT molecular complexity index is 703. The van der Waals surface area contributed by atoms with Gasteiger partial charge in [-0.05, 0) is 37.2 Å². The number of amidine groups is 1. The fraction of sp³-hybridized carbons (Fsp3) is 0.278. The molecule has 0 aromatic heterocycles. The van der Waals surface area contributed by atoms with Crippen molar-refractivity contribution in [3.8, 4) is 11.5 Å². The minimum Gasteiger partial charge on any atom is -0.454 e. The molecule has 2 heterocycles. The molecule has 0 bridgehead atoms. The molecule has 4 nitrogen and oxygen atoms in total. The first kappa shape index (κ1) is 13.3. The van der Waals surface area contributed by atoms with Crippen LogP contribution >= 0.6 is 0 Å². The molecule has 0 atom stereocenters. The van der Waals surface area contributed by atoms with Gasteiger partial charge in [-0.3, -0.25) is 0 Å². The van der Waals surface area contributed by atoms with Crippen molar-refractivity contribution in [3.63, 3.8) is 0 Å². The van der Waals surface area contributed by atoms with Gasteiger partial charge in [0.15, 0.2) is 5.75 Å². The van der Waals surface area contributed by atoms with Gasteiger partial charge in [-0.25, -0.2) is 4.99 Å². The van der Waals surface area contributed by atoms with Crippen LogP contribution in [0.1, 0.15) is 12.0 Å². The number of nitrogens with zero attached hydrogens (tertiary/aromatic N) is 2. The zero-order valence-electron chi connectivity index (χ0n) is 12.5. The molecular weight excluding hydrogens is 274 g/mol. The first-order valence-corrected chi connectivity index (χ1v) is 7.82. The second-order valence-electron chi connectivity index (χ2n) is 5.59. The Kier molecular flexibility index (Phi) is 3.52. The van der Waals surface area contributed by atoms with Crippen molar-refractivity contribution >= 4 is 11.5 Å². The molecule has 0 aliphatic carbocycles. The molecule has 112 valence electrons. The van der Waals surface area contributed by atoms with Crippen LogP contribution in [-0.2, 0) is 0 Å². The number of hydrogen-bond donors (Lipinski definition) is 1. The molecule has 1 N–H and O–H groups in total. The second kappa shape index (κ2) is 5.81. The van der Waals surface area contributed by atoms with Gasteiger partial charge < -0.3 is 15.0 Å². The highest BCUT2D eigenvalue weighted by atomic mass is 16.5.